The van der Waals surface area contributed by atoms with Gasteiger partial charge in [0.25, 0.3) is 0 Å². The van der Waals surface area contributed by atoms with Crippen LogP contribution in [-0.2, 0) is 13.1 Å². The molecule has 0 amide bonds. The number of halogens is 1. The molecule has 0 unspecified atom stereocenters. The highest BCUT2D eigenvalue weighted by molar-refractivity contribution is 5.84. The van der Waals surface area contributed by atoms with E-state index >= 15 is 0 Å². The molecule has 0 aliphatic carbocycles. The lowest BCUT2D eigenvalue weighted by molar-refractivity contribution is 0.221. The fourth-order valence-electron chi connectivity index (χ4n) is 3.34. The van der Waals surface area contributed by atoms with Gasteiger partial charge in [0.05, 0.1) is 0 Å². The van der Waals surface area contributed by atoms with E-state index < -0.39 is 0 Å². The second-order valence-electron chi connectivity index (χ2n) is 6.20. The van der Waals surface area contributed by atoms with E-state index in [1.54, 1.807) is 12.1 Å². The van der Waals surface area contributed by atoms with E-state index in [4.69, 9.17) is 0 Å². The third kappa shape index (κ3) is 3.29. The van der Waals surface area contributed by atoms with Crippen molar-refractivity contribution in [3.8, 4) is 0 Å². The van der Waals surface area contributed by atoms with Crippen molar-refractivity contribution in [2.75, 3.05) is 13.1 Å². The first-order valence-electron chi connectivity index (χ1n) is 8.27. The molecule has 0 spiro atoms. The van der Waals surface area contributed by atoms with E-state index in [1.165, 1.54) is 56.3 Å². The van der Waals surface area contributed by atoms with Crippen LogP contribution in [-0.4, -0.2) is 22.6 Å². The molecule has 2 aromatic rings. The Hall–Kier alpha value is -1.35. The summed E-state index contributed by atoms with van der Waals surface area (Å²) in [5.74, 6) is -0.129. The molecule has 1 aliphatic heterocycles. The van der Waals surface area contributed by atoms with Crippen molar-refractivity contribution in [3.05, 3.63) is 35.8 Å². The molecule has 0 N–H and O–H groups in total. The zero-order chi connectivity index (χ0) is 14.7. The maximum Gasteiger partial charge on any atom is 0.123 e. The average molecular weight is 288 g/mol. The van der Waals surface area contributed by atoms with Crippen molar-refractivity contribution >= 4 is 10.9 Å². The fraction of sp³-hybridized carbons (Fsp3) is 0.556. The molecule has 3 rings (SSSR count). The molecule has 0 saturated carbocycles. The second-order valence-corrected chi connectivity index (χ2v) is 6.20. The van der Waals surface area contributed by atoms with Crippen LogP contribution in [0.3, 0.4) is 0 Å². The molecule has 1 aromatic carbocycles. The number of benzene rings is 1. The third-order valence-electron chi connectivity index (χ3n) is 4.52. The Bertz CT molecular complexity index is 597. The van der Waals surface area contributed by atoms with Crippen molar-refractivity contribution in [2.24, 2.45) is 0 Å². The summed E-state index contributed by atoms with van der Waals surface area (Å²) >= 11 is 0. The summed E-state index contributed by atoms with van der Waals surface area (Å²) in [6.45, 7) is 6.55. The van der Waals surface area contributed by atoms with Gasteiger partial charge in [0.15, 0.2) is 0 Å². The van der Waals surface area contributed by atoms with Gasteiger partial charge in [-0.05, 0) is 56.1 Å². The summed E-state index contributed by atoms with van der Waals surface area (Å²) < 4.78 is 15.9. The van der Waals surface area contributed by atoms with Gasteiger partial charge in [-0.1, -0.05) is 19.8 Å². The molecule has 3 heteroatoms. The topological polar surface area (TPSA) is 8.17 Å². The molecule has 21 heavy (non-hydrogen) atoms. The zero-order valence-electron chi connectivity index (χ0n) is 12.9. The Morgan fingerprint density at radius 1 is 1.14 bits per heavy atom. The van der Waals surface area contributed by atoms with Crippen LogP contribution in [0.4, 0.5) is 4.39 Å². The lowest BCUT2D eigenvalue weighted by Crippen LogP contribution is -2.28. The van der Waals surface area contributed by atoms with Crippen molar-refractivity contribution in [3.63, 3.8) is 0 Å². The number of aryl methyl sites for hydroxylation is 1. The first-order chi connectivity index (χ1) is 10.3. The molecule has 114 valence electrons. The Labute approximate surface area is 126 Å². The highest BCUT2D eigenvalue weighted by atomic mass is 19.1. The number of rotatable bonds is 5. The summed E-state index contributed by atoms with van der Waals surface area (Å²) in [5, 5.41) is 1.09. The van der Waals surface area contributed by atoms with Crippen LogP contribution >= 0.6 is 0 Å². The molecular formula is C18H25FN2. The van der Waals surface area contributed by atoms with Crippen LogP contribution < -0.4 is 0 Å². The Kier molecular flexibility index (Phi) is 4.59. The van der Waals surface area contributed by atoms with E-state index in [0.29, 0.717) is 0 Å². The van der Waals surface area contributed by atoms with E-state index in [1.807, 2.05) is 6.07 Å². The van der Waals surface area contributed by atoms with E-state index in [9.17, 15) is 4.39 Å². The van der Waals surface area contributed by atoms with Gasteiger partial charge in [0.2, 0.25) is 0 Å². The average Bonchev–Trinajstić information content (AvgIpc) is 2.83. The molecule has 0 radical (unpaired) electrons. The molecule has 0 bridgehead atoms. The van der Waals surface area contributed by atoms with Gasteiger partial charge in [-0.3, -0.25) is 4.90 Å². The molecule has 2 nitrogen and oxygen atoms in total. The van der Waals surface area contributed by atoms with Crippen molar-refractivity contribution < 1.29 is 4.39 Å². The number of hydrogen-bond acceptors (Lipinski definition) is 1. The standard InChI is InChI=1S/C18H25FN2/c1-2-3-11-21-14-15(13-20-9-5-4-6-10-20)17-12-16(19)7-8-18(17)21/h7-8,12,14H,2-6,9-11,13H2,1H3. The minimum absolute atomic E-state index is 0.129. The van der Waals surface area contributed by atoms with Crippen LogP contribution in [0.2, 0.25) is 0 Å². The van der Waals surface area contributed by atoms with Crippen LogP contribution in [0.25, 0.3) is 10.9 Å². The number of likely N-dealkylation sites (tertiary alicyclic amines) is 1. The maximum absolute atomic E-state index is 13.6. The molecule has 2 heterocycles. The van der Waals surface area contributed by atoms with Gasteiger partial charge in [-0.2, -0.15) is 0 Å². The van der Waals surface area contributed by atoms with Crippen molar-refractivity contribution in [1.82, 2.24) is 9.47 Å². The smallest absolute Gasteiger partial charge is 0.123 e. The Morgan fingerprint density at radius 2 is 1.95 bits per heavy atom. The van der Waals surface area contributed by atoms with Crippen LogP contribution in [0.15, 0.2) is 24.4 Å². The molecule has 1 aliphatic rings. The summed E-state index contributed by atoms with van der Waals surface area (Å²) in [7, 11) is 0. The zero-order valence-corrected chi connectivity index (χ0v) is 12.9. The maximum atomic E-state index is 13.6. The number of aromatic nitrogens is 1. The summed E-state index contributed by atoms with van der Waals surface area (Å²) in [5.41, 5.74) is 2.46. The monoisotopic (exact) mass is 288 g/mol. The molecule has 0 atom stereocenters. The van der Waals surface area contributed by atoms with Crippen molar-refractivity contribution in [1.29, 1.82) is 0 Å². The third-order valence-corrected chi connectivity index (χ3v) is 4.52. The number of piperidine rings is 1. The van der Waals surface area contributed by atoms with Crippen LogP contribution in [0.5, 0.6) is 0 Å². The normalized spacial score (nSPS) is 16.7. The minimum atomic E-state index is -0.129. The Morgan fingerprint density at radius 3 is 2.71 bits per heavy atom. The lowest BCUT2D eigenvalue weighted by Gasteiger charge is -2.26. The Balaban J connectivity index is 1.90. The van der Waals surface area contributed by atoms with Gasteiger partial charge >= 0.3 is 0 Å². The highest BCUT2D eigenvalue weighted by Gasteiger charge is 2.15. The predicted molar refractivity (Wildman–Crippen MR) is 85.9 cm³/mol. The van der Waals surface area contributed by atoms with Gasteiger partial charge in [0, 0.05) is 30.2 Å². The largest absolute Gasteiger partial charge is 0.347 e. The summed E-state index contributed by atoms with van der Waals surface area (Å²) in [4.78, 5) is 2.51. The van der Waals surface area contributed by atoms with Crippen LogP contribution in [0, 0.1) is 5.82 Å². The second kappa shape index (κ2) is 6.61. The van der Waals surface area contributed by atoms with Gasteiger partial charge in [-0.25, -0.2) is 4.39 Å². The van der Waals surface area contributed by atoms with E-state index in [0.717, 1.165) is 18.5 Å². The van der Waals surface area contributed by atoms with Gasteiger partial charge in [0.1, 0.15) is 5.82 Å². The number of unbranched alkanes of at least 4 members (excludes halogenated alkanes) is 1. The first-order valence-corrected chi connectivity index (χ1v) is 8.27. The highest BCUT2D eigenvalue weighted by Crippen LogP contribution is 2.25. The molecule has 1 aromatic heterocycles. The minimum Gasteiger partial charge on any atom is -0.347 e. The van der Waals surface area contributed by atoms with Crippen LogP contribution in [0.1, 0.15) is 44.6 Å². The molecule has 1 fully saturated rings. The quantitative estimate of drug-likeness (QED) is 0.782. The first kappa shape index (κ1) is 14.6. The lowest BCUT2D eigenvalue weighted by atomic mass is 10.1. The molecule has 1 saturated heterocycles. The summed E-state index contributed by atoms with van der Waals surface area (Å²) in [6, 6.07) is 5.21. The number of fused-ring (bicyclic) bond motifs is 1. The number of nitrogens with zero attached hydrogens (tertiary/aromatic N) is 2. The molecular weight excluding hydrogens is 263 g/mol. The van der Waals surface area contributed by atoms with Crippen molar-refractivity contribution in [2.45, 2.75) is 52.1 Å². The number of hydrogen-bond donors (Lipinski definition) is 0. The van der Waals surface area contributed by atoms with E-state index in [-0.39, 0.29) is 5.82 Å². The SMILES string of the molecule is CCCCn1cc(CN2CCCCC2)c2cc(F)ccc21. The predicted octanol–water partition coefficient (Wildman–Crippen LogP) is 4.57. The van der Waals surface area contributed by atoms with Gasteiger partial charge in [-0.15, -0.1) is 0 Å². The summed E-state index contributed by atoms with van der Waals surface area (Å²) in [6.07, 6.45) is 8.54. The fourth-order valence-corrected chi connectivity index (χ4v) is 3.34. The van der Waals surface area contributed by atoms with E-state index in [2.05, 4.69) is 22.6 Å². The van der Waals surface area contributed by atoms with Gasteiger partial charge < -0.3 is 4.57 Å².